The second kappa shape index (κ2) is 11.4. The van der Waals surface area contributed by atoms with Gasteiger partial charge in [0, 0.05) is 29.0 Å². The summed E-state index contributed by atoms with van der Waals surface area (Å²) in [6.07, 6.45) is 6.85. The second-order valence-electron chi connectivity index (χ2n) is 10.7. The molecule has 0 radical (unpaired) electrons. The molecule has 1 aliphatic heterocycles. The molecule has 1 aliphatic carbocycles. The number of thiocarbonyl (C=S) groups is 1. The van der Waals surface area contributed by atoms with Crippen molar-refractivity contribution >= 4 is 29.0 Å². The van der Waals surface area contributed by atoms with E-state index in [2.05, 4.69) is 46.8 Å². The van der Waals surface area contributed by atoms with Crippen molar-refractivity contribution in [1.29, 1.82) is 0 Å². The summed E-state index contributed by atoms with van der Waals surface area (Å²) in [5, 5.41) is 4.22. The number of nitrogens with one attached hydrogen (secondary N) is 1. The molecule has 0 bridgehead atoms. The lowest BCUT2D eigenvalue weighted by molar-refractivity contribution is 0.0600. The van der Waals surface area contributed by atoms with E-state index in [1.54, 1.807) is 12.1 Å². The van der Waals surface area contributed by atoms with Gasteiger partial charge in [-0.1, -0.05) is 6.07 Å². The lowest BCUT2D eigenvalue weighted by Crippen LogP contribution is -2.29. The van der Waals surface area contributed by atoms with Crippen LogP contribution in [0.25, 0.3) is 5.69 Å². The Hall–Kier alpha value is -4.17. The molecule has 2 aliphatic rings. The van der Waals surface area contributed by atoms with Crippen LogP contribution >= 0.6 is 12.2 Å². The minimum Gasteiger partial charge on any atom is -0.490 e. The average molecular weight is 567 g/mol. The highest BCUT2D eigenvalue weighted by Crippen LogP contribution is 2.44. The summed E-state index contributed by atoms with van der Waals surface area (Å²) in [7, 11) is 1.39. The van der Waals surface area contributed by atoms with Crippen molar-refractivity contribution in [1.82, 2.24) is 14.9 Å². The molecule has 3 heterocycles. The Morgan fingerprint density at radius 3 is 2.34 bits per heavy atom. The Kier molecular flexibility index (Phi) is 7.49. The topological polar surface area (TPSA) is 68.6 Å². The SMILES string of the molecule is COC(=O)c1ccc(-n2c(C)cc([C@H]3[C@H](c4ccccn4)NC(=S)N3c3ccc(OC4CCCC4)cc3)c2C)cc1. The van der Waals surface area contributed by atoms with Crippen molar-refractivity contribution in [2.24, 2.45) is 0 Å². The van der Waals surface area contributed by atoms with Crippen molar-refractivity contribution in [2.45, 2.75) is 57.7 Å². The van der Waals surface area contributed by atoms with Crippen LogP contribution in [-0.2, 0) is 4.74 Å². The first kappa shape index (κ1) is 27.0. The second-order valence-corrected chi connectivity index (χ2v) is 11.1. The Bertz CT molecular complexity index is 1540. The lowest BCUT2D eigenvalue weighted by Gasteiger charge is -2.28. The van der Waals surface area contributed by atoms with Crippen LogP contribution in [0, 0.1) is 13.8 Å². The van der Waals surface area contributed by atoms with Gasteiger partial charge in [0.2, 0.25) is 0 Å². The van der Waals surface area contributed by atoms with Crippen LogP contribution in [0.2, 0.25) is 0 Å². The minimum atomic E-state index is -0.350. The first-order chi connectivity index (χ1) is 19.9. The lowest BCUT2D eigenvalue weighted by atomic mass is 9.96. The molecule has 0 unspecified atom stereocenters. The van der Waals surface area contributed by atoms with Gasteiger partial charge in [0.15, 0.2) is 5.11 Å². The highest BCUT2D eigenvalue weighted by molar-refractivity contribution is 7.80. The summed E-state index contributed by atoms with van der Waals surface area (Å²) in [5.41, 5.74) is 6.74. The third kappa shape index (κ3) is 5.20. The summed E-state index contributed by atoms with van der Waals surface area (Å²) in [6, 6.07) is 23.7. The summed E-state index contributed by atoms with van der Waals surface area (Å²) >= 11 is 5.96. The highest BCUT2D eigenvalue weighted by Gasteiger charge is 2.42. The zero-order valence-electron chi connectivity index (χ0n) is 23.5. The molecule has 6 rings (SSSR count). The van der Waals surface area contributed by atoms with Crippen LogP contribution in [0.4, 0.5) is 5.69 Å². The standard InChI is InChI=1S/C33H34N4O3S/c1-21-20-28(22(2)36(21)24-13-11-23(12-14-24)32(38)39-3)31-30(29-10-6-7-19-34-29)35-33(41)37(31)25-15-17-27(18-16-25)40-26-8-4-5-9-26/h6-7,10-20,26,30-31H,4-5,8-9H2,1-3H3,(H,35,41)/t30-,31-/m0/s1. The highest BCUT2D eigenvalue weighted by atomic mass is 32.1. The van der Waals surface area contributed by atoms with Crippen molar-refractivity contribution in [3.63, 3.8) is 0 Å². The number of esters is 1. The van der Waals surface area contributed by atoms with Gasteiger partial charge in [0.25, 0.3) is 0 Å². The molecule has 2 fully saturated rings. The van der Waals surface area contributed by atoms with Crippen LogP contribution in [-0.4, -0.2) is 33.8 Å². The van der Waals surface area contributed by atoms with E-state index < -0.39 is 0 Å². The molecule has 7 nitrogen and oxygen atoms in total. The van der Waals surface area contributed by atoms with Gasteiger partial charge in [0.1, 0.15) is 5.75 Å². The third-order valence-corrected chi connectivity index (χ3v) is 8.47. The van der Waals surface area contributed by atoms with E-state index in [-0.39, 0.29) is 18.1 Å². The number of aromatic nitrogens is 2. The van der Waals surface area contributed by atoms with Crippen molar-refractivity contribution < 1.29 is 14.3 Å². The van der Waals surface area contributed by atoms with E-state index in [1.807, 2.05) is 48.7 Å². The van der Waals surface area contributed by atoms with Crippen LogP contribution < -0.4 is 15.0 Å². The molecule has 0 spiro atoms. The predicted molar refractivity (Wildman–Crippen MR) is 164 cm³/mol. The largest absolute Gasteiger partial charge is 0.490 e. The molecule has 2 atom stereocenters. The fraction of sp³-hybridized carbons (Fsp3) is 0.303. The molecule has 1 saturated carbocycles. The van der Waals surface area contributed by atoms with E-state index in [0.717, 1.165) is 52.6 Å². The molecule has 41 heavy (non-hydrogen) atoms. The number of hydrogen-bond acceptors (Lipinski definition) is 5. The Balaban J connectivity index is 1.39. The van der Waals surface area contributed by atoms with E-state index in [0.29, 0.717) is 16.8 Å². The smallest absolute Gasteiger partial charge is 0.337 e. The van der Waals surface area contributed by atoms with E-state index in [1.165, 1.54) is 20.0 Å². The number of carbonyl (C=O) groups is 1. The van der Waals surface area contributed by atoms with Gasteiger partial charge < -0.3 is 24.3 Å². The number of anilines is 1. The first-order valence-electron chi connectivity index (χ1n) is 14.1. The maximum atomic E-state index is 12.0. The van der Waals surface area contributed by atoms with Gasteiger partial charge in [-0.15, -0.1) is 0 Å². The number of methoxy groups -OCH3 is 1. The average Bonchev–Trinajstić information content (AvgIpc) is 3.71. The number of rotatable bonds is 7. The van der Waals surface area contributed by atoms with Gasteiger partial charge in [-0.25, -0.2) is 4.79 Å². The van der Waals surface area contributed by atoms with Gasteiger partial charge in [0.05, 0.1) is 36.6 Å². The summed E-state index contributed by atoms with van der Waals surface area (Å²) in [6.45, 7) is 4.23. The zero-order valence-corrected chi connectivity index (χ0v) is 24.4. The molecule has 4 aromatic rings. The van der Waals surface area contributed by atoms with Gasteiger partial charge in [-0.05, 0) is 124 Å². The summed E-state index contributed by atoms with van der Waals surface area (Å²) in [5.74, 6) is 0.544. The monoisotopic (exact) mass is 566 g/mol. The first-order valence-corrected chi connectivity index (χ1v) is 14.5. The van der Waals surface area contributed by atoms with Gasteiger partial charge in [-0.2, -0.15) is 0 Å². The maximum Gasteiger partial charge on any atom is 0.337 e. The molecule has 210 valence electrons. The number of ether oxygens (including phenoxy) is 2. The summed E-state index contributed by atoms with van der Waals surface area (Å²) in [4.78, 5) is 18.9. The molecule has 0 amide bonds. The van der Waals surface area contributed by atoms with E-state index in [9.17, 15) is 4.79 Å². The quantitative estimate of drug-likeness (QED) is 0.195. The number of pyridine rings is 1. The molecule has 1 N–H and O–H groups in total. The number of hydrogen-bond donors (Lipinski definition) is 1. The van der Waals surface area contributed by atoms with Crippen LogP contribution in [0.5, 0.6) is 5.75 Å². The Morgan fingerprint density at radius 2 is 1.68 bits per heavy atom. The Morgan fingerprint density at radius 1 is 0.976 bits per heavy atom. The molecular weight excluding hydrogens is 532 g/mol. The van der Waals surface area contributed by atoms with Crippen LogP contribution in [0.3, 0.4) is 0 Å². The third-order valence-electron chi connectivity index (χ3n) is 8.15. The fourth-order valence-corrected chi connectivity index (χ4v) is 6.53. The van der Waals surface area contributed by atoms with Gasteiger partial charge in [-0.3, -0.25) is 4.98 Å². The summed E-state index contributed by atoms with van der Waals surface area (Å²) < 4.78 is 13.3. The van der Waals surface area contributed by atoms with Crippen molar-refractivity contribution in [3.05, 3.63) is 107 Å². The number of aryl methyl sites for hydroxylation is 1. The molecular formula is C33H34N4O3S. The van der Waals surface area contributed by atoms with E-state index >= 15 is 0 Å². The molecule has 2 aromatic heterocycles. The van der Waals surface area contributed by atoms with Crippen LogP contribution in [0.15, 0.2) is 79.0 Å². The minimum absolute atomic E-state index is 0.131. The number of benzene rings is 2. The predicted octanol–water partition coefficient (Wildman–Crippen LogP) is 6.77. The molecule has 1 saturated heterocycles. The Labute approximate surface area is 246 Å². The normalized spacial score (nSPS) is 18.9. The van der Waals surface area contributed by atoms with Crippen LogP contribution in [0.1, 0.15) is 70.8 Å². The molecule has 8 heteroatoms. The fourth-order valence-electron chi connectivity index (χ4n) is 6.18. The molecule has 2 aromatic carbocycles. The van der Waals surface area contributed by atoms with Gasteiger partial charge >= 0.3 is 5.97 Å². The van der Waals surface area contributed by atoms with E-state index in [4.69, 9.17) is 26.7 Å². The number of carbonyl (C=O) groups excluding carboxylic acids is 1. The number of nitrogens with zero attached hydrogens (tertiary/aromatic N) is 3. The van der Waals surface area contributed by atoms with Crippen molar-refractivity contribution in [2.75, 3.05) is 12.0 Å². The zero-order chi connectivity index (χ0) is 28.5. The van der Waals surface area contributed by atoms with Crippen molar-refractivity contribution in [3.8, 4) is 11.4 Å². The maximum absolute atomic E-state index is 12.0.